The average Bonchev–Trinajstić information content (AvgIpc) is 3.27. The smallest absolute Gasteiger partial charge is 0.254 e. The summed E-state index contributed by atoms with van der Waals surface area (Å²) in [5, 5.41) is 0. The zero-order chi connectivity index (χ0) is 20.1. The molecule has 0 N–H and O–H groups in total. The predicted molar refractivity (Wildman–Crippen MR) is 111 cm³/mol. The summed E-state index contributed by atoms with van der Waals surface area (Å²) in [6.07, 6.45) is 2.64. The van der Waals surface area contributed by atoms with E-state index in [2.05, 4.69) is 4.98 Å². The molecule has 0 atom stereocenters. The van der Waals surface area contributed by atoms with Gasteiger partial charge in [-0.1, -0.05) is 6.07 Å². The van der Waals surface area contributed by atoms with Crippen molar-refractivity contribution in [2.75, 3.05) is 23.7 Å². The number of hydrogen-bond acceptors (Lipinski definition) is 5. The molecule has 4 rings (SSSR count). The lowest BCUT2D eigenvalue weighted by molar-refractivity contribution is 0.0783. The van der Waals surface area contributed by atoms with Crippen molar-refractivity contribution in [3.05, 3.63) is 52.3 Å². The molecule has 0 spiro atoms. The lowest BCUT2D eigenvalue weighted by atomic mass is 10.1. The van der Waals surface area contributed by atoms with Crippen molar-refractivity contribution >= 4 is 37.9 Å². The number of sulfonamides is 1. The number of amides is 1. The van der Waals surface area contributed by atoms with Crippen molar-refractivity contribution in [2.45, 2.75) is 26.8 Å². The van der Waals surface area contributed by atoms with Gasteiger partial charge in [-0.05, 0) is 38.5 Å². The minimum Gasteiger partial charge on any atom is -0.336 e. The summed E-state index contributed by atoms with van der Waals surface area (Å²) in [6.45, 7) is 4.86. The molecule has 0 bridgehead atoms. The van der Waals surface area contributed by atoms with Gasteiger partial charge in [0.25, 0.3) is 5.91 Å². The predicted octanol–water partition coefficient (Wildman–Crippen LogP) is 2.82. The summed E-state index contributed by atoms with van der Waals surface area (Å²) in [6, 6.07) is 6.85. The van der Waals surface area contributed by atoms with Crippen molar-refractivity contribution in [3.8, 4) is 0 Å². The zero-order valence-corrected chi connectivity index (χ0v) is 17.7. The van der Waals surface area contributed by atoms with E-state index in [0.717, 1.165) is 21.2 Å². The largest absolute Gasteiger partial charge is 0.336 e. The fourth-order valence-corrected chi connectivity index (χ4v) is 5.99. The lowest BCUT2D eigenvalue weighted by Gasteiger charge is -2.20. The number of anilines is 1. The number of hydrogen-bond donors (Lipinski definition) is 0. The highest BCUT2D eigenvalue weighted by atomic mass is 32.2. The van der Waals surface area contributed by atoms with Gasteiger partial charge in [-0.15, -0.1) is 11.3 Å². The molecule has 3 heterocycles. The van der Waals surface area contributed by atoms with Crippen LogP contribution in [-0.2, 0) is 16.6 Å². The zero-order valence-electron chi connectivity index (χ0n) is 16.0. The van der Waals surface area contributed by atoms with Gasteiger partial charge in [-0.3, -0.25) is 13.5 Å². The summed E-state index contributed by atoms with van der Waals surface area (Å²) in [7, 11) is -1.52. The standard InChI is InChI=1S/C19H22N4O3S2/c1-13-11-22-17(14(2)20-19(22)27-13)12-21(3)18(24)15-6-4-7-16(10-15)23-8-5-9-28(23,25)26/h4,6-7,10-11H,5,8-9,12H2,1-3H3. The summed E-state index contributed by atoms with van der Waals surface area (Å²) >= 11 is 1.62. The van der Waals surface area contributed by atoms with Gasteiger partial charge in [0, 0.05) is 30.2 Å². The molecule has 28 heavy (non-hydrogen) atoms. The maximum atomic E-state index is 13.0. The molecular weight excluding hydrogens is 396 g/mol. The van der Waals surface area contributed by atoms with Crippen LogP contribution in [0.15, 0.2) is 30.5 Å². The van der Waals surface area contributed by atoms with Gasteiger partial charge in [-0.25, -0.2) is 13.4 Å². The maximum Gasteiger partial charge on any atom is 0.254 e. The second kappa shape index (κ2) is 6.89. The Balaban J connectivity index is 1.59. The molecule has 0 radical (unpaired) electrons. The highest BCUT2D eigenvalue weighted by Gasteiger charge is 2.29. The number of carbonyl (C=O) groups excluding carboxylic acids is 1. The molecule has 1 aliphatic rings. The van der Waals surface area contributed by atoms with Crippen molar-refractivity contribution in [3.63, 3.8) is 0 Å². The Morgan fingerprint density at radius 2 is 2.11 bits per heavy atom. The summed E-state index contributed by atoms with van der Waals surface area (Å²) in [4.78, 5) is 21.3. The SMILES string of the molecule is Cc1cn2c(CN(C)C(=O)c3cccc(N4CCCS4(=O)=O)c3)c(C)nc2s1. The number of benzene rings is 1. The van der Waals surface area contributed by atoms with Crippen LogP contribution >= 0.6 is 11.3 Å². The molecular formula is C19H22N4O3S2. The Morgan fingerprint density at radius 1 is 1.32 bits per heavy atom. The highest BCUT2D eigenvalue weighted by Crippen LogP contribution is 2.26. The number of nitrogens with zero attached hydrogens (tertiary/aromatic N) is 4. The van der Waals surface area contributed by atoms with Gasteiger partial charge in [-0.2, -0.15) is 0 Å². The van der Waals surface area contributed by atoms with Gasteiger partial charge in [0.05, 0.1) is 29.4 Å². The van der Waals surface area contributed by atoms with Crippen molar-refractivity contribution in [2.24, 2.45) is 0 Å². The second-order valence-electron chi connectivity index (χ2n) is 7.09. The molecule has 1 amide bonds. The van der Waals surface area contributed by atoms with Crippen LogP contribution in [0.1, 0.15) is 33.0 Å². The topological polar surface area (TPSA) is 75.0 Å². The summed E-state index contributed by atoms with van der Waals surface area (Å²) in [5.41, 5.74) is 2.91. The van der Waals surface area contributed by atoms with Gasteiger partial charge in [0.15, 0.2) is 4.96 Å². The monoisotopic (exact) mass is 418 g/mol. The minimum absolute atomic E-state index is 0.153. The van der Waals surface area contributed by atoms with Crippen LogP contribution in [0.3, 0.4) is 0 Å². The van der Waals surface area contributed by atoms with Crippen molar-refractivity contribution in [1.82, 2.24) is 14.3 Å². The van der Waals surface area contributed by atoms with E-state index in [1.807, 2.05) is 24.4 Å². The highest BCUT2D eigenvalue weighted by molar-refractivity contribution is 7.93. The number of fused-ring (bicyclic) bond motifs is 1. The normalized spacial score (nSPS) is 16.0. The first-order chi connectivity index (χ1) is 13.3. The number of carbonyl (C=O) groups is 1. The lowest BCUT2D eigenvalue weighted by Crippen LogP contribution is -2.28. The molecule has 9 heteroatoms. The van der Waals surface area contributed by atoms with Crippen LogP contribution in [-0.4, -0.2) is 48.0 Å². The Kier molecular flexibility index (Phi) is 4.67. The fraction of sp³-hybridized carbons (Fsp3) is 0.368. The quantitative estimate of drug-likeness (QED) is 0.653. The Bertz CT molecular complexity index is 1160. The Morgan fingerprint density at radius 3 is 2.82 bits per heavy atom. The maximum absolute atomic E-state index is 13.0. The second-order valence-corrected chi connectivity index (χ2v) is 10.3. The molecule has 1 aliphatic heterocycles. The molecule has 7 nitrogen and oxygen atoms in total. The van der Waals surface area contributed by atoms with E-state index in [4.69, 9.17) is 0 Å². The molecule has 1 saturated heterocycles. The molecule has 0 aliphatic carbocycles. The molecule has 2 aromatic heterocycles. The summed E-state index contributed by atoms with van der Waals surface area (Å²) in [5.74, 6) is 0.00138. The van der Waals surface area contributed by atoms with E-state index in [9.17, 15) is 13.2 Å². The first kappa shape index (κ1) is 18.9. The van der Waals surface area contributed by atoms with Crippen LogP contribution in [0.25, 0.3) is 4.96 Å². The van der Waals surface area contributed by atoms with Gasteiger partial charge < -0.3 is 4.90 Å². The third kappa shape index (κ3) is 3.29. The molecule has 148 valence electrons. The van der Waals surface area contributed by atoms with Crippen molar-refractivity contribution in [1.29, 1.82) is 0 Å². The van der Waals surface area contributed by atoms with Gasteiger partial charge in [0.1, 0.15) is 0 Å². The minimum atomic E-state index is -3.27. The van der Waals surface area contributed by atoms with Crippen LogP contribution in [0, 0.1) is 13.8 Å². The third-order valence-corrected chi connectivity index (χ3v) is 7.72. The van der Waals surface area contributed by atoms with Crippen LogP contribution < -0.4 is 4.31 Å². The molecule has 1 aromatic carbocycles. The van der Waals surface area contributed by atoms with E-state index < -0.39 is 10.0 Å². The Labute approximate surface area is 168 Å². The number of aryl methyl sites for hydroxylation is 2. The number of rotatable bonds is 4. The first-order valence-corrected chi connectivity index (χ1v) is 11.5. The van der Waals surface area contributed by atoms with E-state index in [-0.39, 0.29) is 11.7 Å². The third-order valence-electron chi connectivity index (χ3n) is 4.96. The van der Waals surface area contributed by atoms with E-state index in [1.165, 1.54) is 4.31 Å². The number of imidazole rings is 1. The average molecular weight is 419 g/mol. The fourth-order valence-electron chi connectivity index (χ4n) is 3.54. The Hall–Kier alpha value is -2.39. The van der Waals surface area contributed by atoms with Crippen LogP contribution in [0.2, 0.25) is 0 Å². The number of aromatic nitrogens is 2. The first-order valence-electron chi connectivity index (χ1n) is 9.06. The molecule has 1 fully saturated rings. The molecule has 0 saturated carbocycles. The van der Waals surface area contributed by atoms with Crippen molar-refractivity contribution < 1.29 is 13.2 Å². The molecule has 0 unspecified atom stereocenters. The van der Waals surface area contributed by atoms with Gasteiger partial charge in [0.2, 0.25) is 10.0 Å². The van der Waals surface area contributed by atoms with Crippen LogP contribution in [0.5, 0.6) is 0 Å². The van der Waals surface area contributed by atoms with Gasteiger partial charge >= 0.3 is 0 Å². The van der Waals surface area contributed by atoms with E-state index in [1.54, 1.807) is 47.5 Å². The molecule has 3 aromatic rings. The van der Waals surface area contributed by atoms with E-state index >= 15 is 0 Å². The van der Waals surface area contributed by atoms with E-state index in [0.29, 0.717) is 30.8 Å². The van der Waals surface area contributed by atoms with Crippen LogP contribution in [0.4, 0.5) is 5.69 Å². The number of thiazole rings is 1. The summed E-state index contributed by atoms with van der Waals surface area (Å²) < 4.78 is 27.8.